The van der Waals surface area contributed by atoms with E-state index in [0.717, 1.165) is 0 Å². The van der Waals surface area contributed by atoms with Crippen molar-refractivity contribution in [3.63, 3.8) is 0 Å². The molecule has 0 amide bonds. The van der Waals surface area contributed by atoms with Crippen molar-refractivity contribution in [3.8, 4) is 0 Å². The Labute approximate surface area is 66.7 Å². The van der Waals surface area contributed by atoms with Gasteiger partial charge in [-0.25, -0.2) is 9.18 Å². The van der Waals surface area contributed by atoms with Crippen LogP contribution in [0.1, 0.15) is 0 Å². The van der Waals surface area contributed by atoms with E-state index in [9.17, 15) is 9.18 Å². The fraction of sp³-hybridized carbons (Fsp3) is 0.500. The van der Waals surface area contributed by atoms with Crippen LogP contribution in [0.15, 0.2) is 11.5 Å². The molecule has 68 valence electrons. The molecule has 5 nitrogen and oxygen atoms in total. The Morgan fingerprint density at radius 3 is 2.58 bits per heavy atom. The molecule has 2 unspecified atom stereocenters. The Hall–Kier alpha value is -1.14. The number of rotatable bonds is 2. The number of hydrogen-bond donors (Lipinski definition) is 3. The van der Waals surface area contributed by atoms with Crippen LogP contribution in [0.5, 0.6) is 0 Å². The van der Waals surface area contributed by atoms with E-state index in [2.05, 4.69) is 4.74 Å². The van der Waals surface area contributed by atoms with Gasteiger partial charge in [-0.15, -0.1) is 0 Å². The Morgan fingerprint density at radius 2 is 2.25 bits per heavy atom. The van der Waals surface area contributed by atoms with Crippen LogP contribution in [0.2, 0.25) is 0 Å². The van der Waals surface area contributed by atoms with Crippen LogP contribution in [0.4, 0.5) is 4.39 Å². The highest BCUT2D eigenvalue weighted by Gasteiger charge is 2.37. The second-order valence-electron chi connectivity index (χ2n) is 2.24. The van der Waals surface area contributed by atoms with E-state index in [1.54, 1.807) is 0 Å². The number of aliphatic hydroxyl groups excluding tert-OH is 3. The molecule has 6 heteroatoms. The first-order valence-electron chi connectivity index (χ1n) is 3.14. The Morgan fingerprint density at radius 1 is 1.67 bits per heavy atom. The van der Waals surface area contributed by atoms with Gasteiger partial charge in [0.2, 0.25) is 6.10 Å². The van der Waals surface area contributed by atoms with E-state index in [-0.39, 0.29) is 0 Å². The maximum absolute atomic E-state index is 11.8. The summed E-state index contributed by atoms with van der Waals surface area (Å²) in [6.07, 6.45) is -3.51. The summed E-state index contributed by atoms with van der Waals surface area (Å²) in [6.45, 7) is -1.20. The van der Waals surface area contributed by atoms with E-state index < -0.39 is 36.4 Å². The third-order valence-corrected chi connectivity index (χ3v) is 1.39. The van der Waals surface area contributed by atoms with Crippen molar-refractivity contribution in [2.24, 2.45) is 0 Å². The van der Waals surface area contributed by atoms with E-state index in [4.69, 9.17) is 15.3 Å². The van der Waals surface area contributed by atoms with Crippen molar-refractivity contribution >= 4 is 5.97 Å². The van der Waals surface area contributed by atoms with Crippen LogP contribution in [0.3, 0.4) is 0 Å². The van der Waals surface area contributed by atoms with Gasteiger partial charge in [-0.3, -0.25) is 0 Å². The number of alkyl halides is 1. The molecule has 0 bridgehead atoms. The summed E-state index contributed by atoms with van der Waals surface area (Å²) in [7, 11) is 0. The first kappa shape index (κ1) is 8.95. The molecule has 3 N–H and O–H groups in total. The molecule has 0 aromatic rings. The summed E-state index contributed by atoms with van der Waals surface area (Å²) in [5, 5.41) is 26.4. The predicted octanol–water partition coefficient (Wildman–Crippen LogP) is -0.996. The molecule has 0 aromatic carbocycles. The number of carbonyl (C=O) groups is 1. The first-order valence-corrected chi connectivity index (χ1v) is 3.14. The summed E-state index contributed by atoms with van der Waals surface area (Å²) in [6, 6.07) is 0. The molecule has 0 aliphatic carbocycles. The van der Waals surface area contributed by atoms with Crippen LogP contribution >= 0.6 is 0 Å². The smallest absolute Gasteiger partial charge is 0.348 e. The van der Waals surface area contributed by atoms with Crippen molar-refractivity contribution < 1.29 is 29.2 Å². The largest absolute Gasteiger partial charge is 0.506 e. The van der Waals surface area contributed by atoms with Gasteiger partial charge < -0.3 is 20.1 Å². The molecule has 12 heavy (non-hydrogen) atoms. The lowest BCUT2D eigenvalue weighted by Crippen LogP contribution is -2.16. The lowest BCUT2D eigenvalue weighted by atomic mass is 10.2. The van der Waals surface area contributed by atoms with Crippen molar-refractivity contribution in [2.75, 3.05) is 6.67 Å². The van der Waals surface area contributed by atoms with Crippen molar-refractivity contribution in [1.29, 1.82) is 0 Å². The molecule has 0 saturated heterocycles. The highest BCUT2D eigenvalue weighted by molar-refractivity contribution is 5.81. The van der Waals surface area contributed by atoms with Gasteiger partial charge in [0.25, 0.3) is 0 Å². The number of ether oxygens (including phenoxy) is 1. The van der Waals surface area contributed by atoms with Gasteiger partial charge in [0.15, 0.2) is 11.5 Å². The standard InChI is InChI=1S/C6H7FO5/c7-1-2(8)5-3(9)4(10)6(11)12-5/h2,4,8-10H,1H2. The normalized spacial score (nSPS) is 25.9. The fourth-order valence-corrected chi connectivity index (χ4v) is 0.772. The minimum atomic E-state index is -1.80. The van der Waals surface area contributed by atoms with Gasteiger partial charge >= 0.3 is 5.97 Å². The molecule has 0 fully saturated rings. The predicted molar refractivity (Wildman–Crippen MR) is 33.7 cm³/mol. The molecule has 1 heterocycles. The molecule has 0 spiro atoms. The molecule has 0 saturated carbocycles. The molecule has 1 rings (SSSR count). The van der Waals surface area contributed by atoms with Gasteiger partial charge in [-0.2, -0.15) is 0 Å². The molecule has 0 aromatic heterocycles. The third-order valence-electron chi connectivity index (χ3n) is 1.39. The Balaban J connectivity index is 2.84. The molecular weight excluding hydrogens is 171 g/mol. The number of halogens is 1. The quantitative estimate of drug-likeness (QED) is 0.472. The topological polar surface area (TPSA) is 87.0 Å². The second-order valence-corrected chi connectivity index (χ2v) is 2.24. The average Bonchev–Trinajstić information content (AvgIpc) is 2.32. The van der Waals surface area contributed by atoms with Crippen molar-refractivity contribution in [2.45, 2.75) is 12.2 Å². The minimum absolute atomic E-state index is 0.616. The number of cyclic esters (lactones) is 1. The van der Waals surface area contributed by atoms with Gasteiger partial charge in [-0.05, 0) is 0 Å². The highest BCUT2D eigenvalue weighted by atomic mass is 19.1. The van der Waals surface area contributed by atoms with E-state index in [0.29, 0.717) is 0 Å². The second kappa shape index (κ2) is 3.08. The summed E-state index contributed by atoms with van der Waals surface area (Å²) in [4.78, 5) is 10.5. The molecule has 0 radical (unpaired) electrons. The number of hydrogen-bond acceptors (Lipinski definition) is 5. The maximum Gasteiger partial charge on any atom is 0.348 e. The van der Waals surface area contributed by atoms with Gasteiger partial charge in [-0.1, -0.05) is 0 Å². The van der Waals surface area contributed by atoms with Crippen LogP contribution < -0.4 is 0 Å². The van der Waals surface area contributed by atoms with Crippen LogP contribution in [-0.2, 0) is 9.53 Å². The van der Waals surface area contributed by atoms with E-state index >= 15 is 0 Å². The third kappa shape index (κ3) is 1.26. The molecule has 1 aliphatic rings. The lowest BCUT2D eigenvalue weighted by molar-refractivity contribution is -0.145. The van der Waals surface area contributed by atoms with Crippen LogP contribution in [0.25, 0.3) is 0 Å². The van der Waals surface area contributed by atoms with Crippen molar-refractivity contribution in [1.82, 2.24) is 0 Å². The monoisotopic (exact) mass is 178 g/mol. The number of aliphatic hydroxyl groups is 3. The van der Waals surface area contributed by atoms with Gasteiger partial charge in [0.1, 0.15) is 12.8 Å². The summed E-state index contributed by atoms with van der Waals surface area (Å²) in [5.74, 6) is -2.56. The zero-order valence-corrected chi connectivity index (χ0v) is 5.90. The molecular formula is C6H7FO5. The average molecular weight is 178 g/mol. The molecule has 1 aliphatic heterocycles. The zero-order valence-electron chi connectivity index (χ0n) is 5.90. The summed E-state index contributed by atoms with van der Waals surface area (Å²) >= 11 is 0. The molecule has 2 atom stereocenters. The van der Waals surface area contributed by atoms with E-state index in [1.807, 2.05) is 0 Å². The number of esters is 1. The Kier molecular flexibility index (Phi) is 2.30. The summed E-state index contributed by atoms with van der Waals surface area (Å²) in [5.41, 5.74) is 0. The maximum atomic E-state index is 11.8. The van der Waals surface area contributed by atoms with Crippen LogP contribution in [-0.4, -0.2) is 40.2 Å². The lowest BCUT2D eigenvalue weighted by Gasteiger charge is -2.04. The fourth-order valence-electron chi connectivity index (χ4n) is 0.772. The van der Waals surface area contributed by atoms with E-state index in [1.165, 1.54) is 0 Å². The van der Waals surface area contributed by atoms with Gasteiger partial charge in [0, 0.05) is 0 Å². The SMILES string of the molecule is O=C1OC(C(O)CF)=C(O)C1O. The highest BCUT2D eigenvalue weighted by Crippen LogP contribution is 2.21. The van der Waals surface area contributed by atoms with Crippen molar-refractivity contribution in [3.05, 3.63) is 11.5 Å². The van der Waals surface area contributed by atoms with Gasteiger partial charge in [0.05, 0.1) is 0 Å². The zero-order chi connectivity index (χ0) is 9.30. The minimum Gasteiger partial charge on any atom is -0.506 e. The van der Waals surface area contributed by atoms with Crippen LogP contribution in [0, 0.1) is 0 Å². The first-order chi connectivity index (χ1) is 5.57. The summed E-state index contributed by atoms with van der Waals surface area (Å²) < 4.78 is 16.0. The number of carbonyl (C=O) groups excluding carboxylic acids is 1. The Bertz CT molecular complexity index is 236.